The lowest BCUT2D eigenvalue weighted by Gasteiger charge is -2.45. The van der Waals surface area contributed by atoms with Crippen LogP contribution in [-0.2, 0) is 16.1 Å². The molecule has 2 aromatic heterocycles. The lowest BCUT2D eigenvalue weighted by molar-refractivity contribution is -0.146. The number of carbonyl (C=O) groups excluding carboxylic acids is 2. The molecule has 0 spiro atoms. The van der Waals surface area contributed by atoms with E-state index >= 15 is 0 Å². The molecule has 1 aromatic carbocycles. The summed E-state index contributed by atoms with van der Waals surface area (Å²) in [5.74, 6) is 0.566. The predicted molar refractivity (Wildman–Crippen MR) is 144 cm³/mol. The van der Waals surface area contributed by atoms with Crippen molar-refractivity contribution in [3.63, 3.8) is 0 Å². The number of nitrogens with zero attached hydrogens (tertiary/aromatic N) is 4. The Labute approximate surface area is 222 Å². The number of hydrogen-bond acceptors (Lipinski definition) is 7. The third-order valence-electron chi connectivity index (χ3n) is 6.62. The van der Waals surface area contributed by atoms with Crippen molar-refractivity contribution in [3.05, 3.63) is 71.8 Å². The summed E-state index contributed by atoms with van der Waals surface area (Å²) in [4.78, 5) is 42.8. The molecule has 3 aromatic rings. The van der Waals surface area contributed by atoms with Crippen LogP contribution < -0.4 is 10.1 Å². The first kappa shape index (κ1) is 26.6. The minimum absolute atomic E-state index is 0.122. The number of pyridine rings is 1. The number of amides is 2. The van der Waals surface area contributed by atoms with E-state index in [-0.39, 0.29) is 17.6 Å². The largest absolute Gasteiger partial charge is 0.497 e. The molecule has 1 N–H and O–H groups in total. The Morgan fingerprint density at radius 1 is 1.05 bits per heavy atom. The van der Waals surface area contributed by atoms with E-state index in [1.807, 2.05) is 56.3 Å². The average molecular weight is 520 g/mol. The number of thioether (sulfide) groups is 1. The maximum atomic E-state index is 14.0. The molecule has 2 amide bonds. The molecule has 0 atom stereocenters. The van der Waals surface area contributed by atoms with Crippen LogP contribution in [0, 0.1) is 13.8 Å². The summed E-state index contributed by atoms with van der Waals surface area (Å²) in [5, 5.41) is 3.64. The molecule has 37 heavy (non-hydrogen) atoms. The van der Waals surface area contributed by atoms with Gasteiger partial charge < -0.3 is 15.0 Å². The van der Waals surface area contributed by atoms with Gasteiger partial charge in [-0.05, 0) is 68.7 Å². The zero-order valence-corrected chi connectivity index (χ0v) is 22.4. The molecule has 0 aliphatic heterocycles. The minimum atomic E-state index is -0.963. The minimum Gasteiger partial charge on any atom is -0.497 e. The number of anilines is 1. The summed E-state index contributed by atoms with van der Waals surface area (Å²) in [7, 11) is 1.60. The SMILES string of the molecule is COc1ccc(NC(=O)C2(N(Cc3cccnc3)C(=O)CSc3nc(C)cc(C)n3)CCCCC2)cc1. The van der Waals surface area contributed by atoms with Crippen molar-refractivity contribution in [1.29, 1.82) is 0 Å². The van der Waals surface area contributed by atoms with Gasteiger partial charge in [0.05, 0.1) is 12.9 Å². The number of hydrogen-bond donors (Lipinski definition) is 1. The van der Waals surface area contributed by atoms with Crippen LogP contribution in [-0.4, -0.2) is 50.1 Å². The van der Waals surface area contributed by atoms with Crippen LogP contribution >= 0.6 is 11.8 Å². The number of nitrogens with one attached hydrogen (secondary N) is 1. The van der Waals surface area contributed by atoms with Crippen LogP contribution in [0.4, 0.5) is 5.69 Å². The first-order chi connectivity index (χ1) is 17.9. The molecular weight excluding hydrogens is 486 g/mol. The van der Waals surface area contributed by atoms with Gasteiger partial charge >= 0.3 is 0 Å². The monoisotopic (exact) mass is 519 g/mol. The van der Waals surface area contributed by atoms with E-state index in [4.69, 9.17) is 4.74 Å². The van der Waals surface area contributed by atoms with E-state index in [0.29, 0.717) is 36.0 Å². The maximum Gasteiger partial charge on any atom is 0.250 e. The summed E-state index contributed by atoms with van der Waals surface area (Å²) in [5.41, 5.74) is 2.30. The van der Waals surface area contributed by atoms with Crippen LogP contribution in [0.3, 0.4) is 0 Å². The third-order valence-corrected chi connectivity index (χ3v) is 7.45. The van der Waals surface area contributed by atoms with Crippen LogP contribution in [0.25, 0.3) is 0 Å². The van der Waals surface area contributed by atoms with Crippen molar-refractivity contribution >= 4 is 29.3 Å². The van der Waals surface area contributed by atoms with E-state index in [1.54, 1.807) is 24.4 Å². The fourth-order valence-corrected chi connectivity index (χ4v) is 5.62. The second-order valence-corrected chi connectivity index (χ2v) is 10.3. The Morgan fingerprint density at radius 2 is 1.76 bits per heavy atom. The van der Waals surface area contributed by atoms with Crippen LogP contribution in [0.5, 0.6) is 5.75 Å². The van der Waals surface area contributed by atoms with E-state index in [0.717, 1.165) is 36.2 Å². The van der Waals surface area contributed by atoms with Gasteiger partial charge in [-0.2, -0.15) is 0 Å². The van der Waals surface area contributed by atoms with Gasteiger partial charge in [0.2, 0.25) is 11.8 Å². The summed E-state index contributed by atoms with van der Waals surface area (Å²) in [6.45, 7) is 4.13. The third kappa shape index (κ3) is 6.65. The highest BCUT2D eigenvalue weighted by atomic mass is 32.2. The number of methoxy groups -OCH3 is 1. The summed E-state index contributed by atoms with van der Waals surface area (Å²) >= 11 is 1.30. The zero-order chi connectivity index (χ0) is 26.3. The van der Waals surface area contributed by atoms with Gasteiger partial charge in [-0.25, -0.2) is 9.97 Å². The van der Waals surface area contributed by atoms with Gasteiger partial charge in [0.1, 0.15) is 11.3 Å². The molecule has 4 rings (SSSR count). The molecule has 1 aliphatic rings. The Hall–Kier alpha value is -3.46. The number of ether oxygens (including phenoxy) is 1. The number of rotatable bonds is 9. The second kappa shape index (κ2) is 12.2. The first-order valence-corrected chi connectivity index (χ1v) is 13.5. The van der Waals surface area contributed by atoms with Crippen molar-refractivity contribution in [2.24, 2.45) is 0 Å². The molecule has 0 unspecified atom stereocenters. The van der Waals surface area contributed by atoms with E-state index in [1.165, 1.54) is 11.8 Å². The Bertz CT molecular complexity index is 1190. The molecule has 1 fully saturated rings. The Kier molecular flexibility index (Phi) is 8.76. The topological polar surface area (TPSA) is 97.3 Å². The molecule has 0 radical (unpaired) electrons. The lowest BCUT2D eigenvalue weighted by Crippen LogP contribution is -2.60. The molecule has 0 saturated heterocycles. The fraction of sp³-hybridized carbons (Fsp3) is 0.393. The normalized spacial score (nSPS) is 14.6. The molecule has 2 heterocycles. The van der Waals surface area contributed by atoms with Gasteiger partial charge in [-0.15, -0.1) is 0 Å². The summed E-state index contributed by atoms with van der Waals surface area (Å²) in [6, 6.07) is 12.9. The molecule has 194 valence electrons. The van der Waals surface area contributed by atoms with Gasteiger partial charge in [-0.1, -0.05) is 37.1 Å². The molecule has 0 bridgehead atoms. The van der Waals surface area contributed by atoms with Crippen molar-refractivity contribution in [1.82, 2.24) is 19.9 Å². The van der Waals surface area contributed by atoms with Crippen molar-refractivity contribution in [2.45, 2.75) is 63.2 Å². The van der Waals surface area contributed by atoms with Crippen molar-refractivity contribution in [3.8, 4) is 5.75 Å². The lowest BCUT2D eigenvalue weighted by atomic mass is 9.79. The molecule has 1 aliphatic carbocycles. The van der Waals surface area contributed by atoms with Crippen molar-refractivity contribution < 1.29 is 14.3 Å². The summed E-state index contributed by atoms with van der Waals surface area (Å²) < 4.78 is 5.24. The van der Waals surface area contributed by atoms with E-state index in [2.05, 4.69) is 20.3 Å². The van der Waals surface area contributed by atoms with Crippen LogP contribution in [0.15, 0.2) is 60.0 Å². The summed E-state index contributed by atoms with van der Waals surface area (Å²) in [6.07, 6.45) is 7.45. The Morgan fingerprint density at radius 3 is 2.38 bits per heavy atom. The quantitative estimate of drug-likeness (QED) is 0.315. The average Bonchev–Trinajstić information content (AvgIpc) is 2.91. The van der Waals surface area contributed by atoms with E-state index < -0.39 is 5.54 Å². The molecule has 1 saturated carbocycles. The maximum absolute atomic E-state index is 14.0. The van der Waals surface area contributed by atoms with Crippen LogP contribution in [0.1, 0.15) is 49.1 Å². The van der Waals surface area contributed by atoms with Crippen molar-refractivity contribution in [2.75, 3.05) is 18.2 Å². The predicted octanol–water partition coefficient (Wildman–Crippen LogP) is 4.96. The number of aromatic nitrogens is 3. The van der Waals surface area contributed by atoms with Gasteiger partial charge in [0.15, 0.2) is 5.16 Å². The first-order valence-electron chi connectivity index (χ1n) is 12.5. The number of benzene rings is 1. The number of aryl methyl sites for hydroxylation is 2. The molecule has 9 heteroatoms. The Balaban J connectivity index is 1.63. The fourth-order valence-electron chi connectivity index (χ4n) is 4.79. The highest BCUT2D eigenvalue weighted by molar-refractivity contribution is 7.99. The van der Waals surface area contributed by atoms with Crippen LogP contribution in [0.2, 0.25) is 0 Å². The van der Waals surface area contributed by atoms with E-state index in [9.17, 15) is 9.59 Å². The highest BCUT2D eigenvalue weighted by Crippen LogP contribution is 2.37. The standard InChI is InChI=1S/C28H33N5O3S/c1-20-16-21(2)31-27(30-20)37-19-25(34)33(18-22-8-7-15-29-17-22)28(13-5-4-6-14-28)26(35)32-23-9-11-24(36-3)12-10-23/h7-12,15-17H,4-6,13-14,18-19H2,1-3H3,(H,32,35). The molecular formula is C28H33N5O3S. The smallest absolute Gasteiger partial charge is 0.250 e. The van der Waals surface area contributed by atoms with Gasteiger partial charge in [0.25, 0.3) is 0 Å². The highest BCUT2D eigenvalue weighted by Gasteiger charge is 2.47. The number of carbonyl (C=O) groups is 2. The second-order valence-electron chi connectivity index (χ2n) is 9.34. The van der Waals surface area contributed by atoms with Gasteiger partial charge in [-0.3, -0.25) is 14.6 Å². The molecule has 8 nitrogen and oxygen atoms in total. The zero-order valence-electron chi connectivity index (χ0n) is 21.6. The van der Waals surface area contributed by atoms with Gasteiger partial charge in [0, 0.05) is 36.0 Å².